The van der Waals surface area contributed by atoms with Gasteiger partial charge in [-0.05, 0) is 49.6 Å². The molecular formula is C15H18FN3O3S3. The monoisotopic (exact) mass is 403 g/mol. The molecule has 0 spiro atoms. The molecule has 0 aliphatic carbocycles. The van der Waals surface area contributed by atoms with Crippen LogP contribution in [0.5, 0.6) is 0 Å². The van der Waals surface area contributed by atoms with Gasteiger partial charge in [0.2, 0.25) is 15.9 Å². The summed E-state index contributed by atoms with van der Waals surface area (Å²) >= 11 is 2.81. The zero-order valence-corrected chi connectivity index (χ0v) is 16.1. The average Bonchev–Trinajstić information content (AvgIpc) is 2.96. The second-order valence-electron chi connectivity index (χ2n) is 5.17. The van der Waals surface area contributed by atoms with Crippen LogP contribution in [0.4, 0.5) is 9.52 Å². The van der Waals surface area contributed by atoms with Gasteiger partial charge in [0.05, 0.1) is 4.90 Å². The number of thiazole rings is 1. The van der Waals surface area contributed by atoms with Crippen molar-refractivity contribution in [2.24, 2.45) is 0 Å². The zero-order valence-electron chi connectivity index (χ0n) is 13.7. The van der Waals surface area contributed by atoms with Crippen LogP contribution in [0.25, 0.3) is 0 Å². The van der Waals surface area contributed by atoms with Crippen molar-refractivity contribution in [3.8, 4) is 0 Å². The number of amides is 1. The Morgan fingerprint density at radius 3 is 2.60 bits per heavy atom. The Labute approximate surface area is 154 Å². The molecule has 1 amide bonds. The number of aryl methyl sites for hydroxylation is 1. The van der Waals surface area contributed by atoms with E-state index < -0.39 is 27.8 Å². The third kappa shape index (κ3) is 5.77. The highest BCUT2D eigenvalue weighted by molar-refractivity contribution is 7.98. The van der Waals surface area contributed by atoms with E-state index in [2.05, 4.69) is 15.0 Å². The molecule has 0 bridgehead atoms. The summed E-state index contributed by atoms with van der Waals surface area (Å²) in [5.41, 5.74) is 0. The number of nitrogens with zero attached hydrogens (tertiary/aromatic N) is 1. The average molecular weight is 404 g/mol. The van der Waals surface area contributed by atoms with Crippen LogP contribution in [0, 0.1) is 12.7 Å². The van der Waals surface area contributed by atoms with Crippen LogP contribution in [0.3, 0.4) is 0 Å². The zero-order chi connectivity index (χ0) is 18.4. The van der Waals surface area contributed by atoms with Crippen LogP contribution >= 0.6 is 23.1 Å². The summed E-state index contributed by atoms with van der Waals surface area (Å²) in [6.45, 7) is 1.86. The molecule has 2 rings (SSSR count). The number of anilines is 1. The number of nitrogens with one attached hydrogen (secondary N) is 2. The number of benzene rings is 1. The number of carbonyl (C=O) groups is 1. The fourth-order valence-electron chi connectivity index (χ4n) is 1.95. The number of hydrogen-bond acceptors (Lipinski definition) is 6. The van der Waals surface area contributed by atoms with E-state index >= 15 is 0 Å². The van der Waals surface area contributed by atoms with Crippen molar-refractivity contribution in [3.05, 3.63) is 41.2 Å². The van der Waals surface area contributed by atoms with E-state index in [1.165, 1.54) is 23.1 Å². The maximum Gasteiger partial charge on any atom is 0.244 e. The largest absolute Gasteiger partial charge is 0.301 e. The van der Waals surface area contributed by atoms with Gasteiger partial charge in [-0.3, -0.25) is 4.79 Å². The molecule has 0 saturated carbocycles. The Morgan fingerprint density at radius 1 is 1.36 bits per heavy atom. The molecule has 6 nitrogen and oxygen atoms in total. The fraction of sp³-hybridized carbons (Fsp3) is 0.333. The molecule has 1 aromatic heterocycles. The highest BCUT2D eigenvalue weighted by Gasteiger charge is 2.26. The predicted molar refractivity (Wildman–Crippen MR) is 99.0 cm³/mol. The van der Waals surface area contributed by atoms with Gasteiger partial charge in [-0.1, -0.05) is 0 Å². The van der Waals surface area contributed by atoms with Crippen molar-refractivity contribution in [2.75, 3.05) is 17.3 Å². The van der Waals surface area contributed by atoms with E-state index in [1.807, 2.05) is 13.2 Å². The molecule has 2 N–H and O–H groups in total. The molecule has 136 valence electrons. The highest BCUT2D eigenvalue weighted by Crippen LogP contribution is 2.18. The van der Waals surface area contributed by atoms with Gasteiger partial charge < -0.3 is 5.32 Å². The van der Waals surface area contributed by atoms with Gasteiger partial charge in [0.1, 0.15) is 11.9 Å². The number of carbonyl (C=O) groups excluding carboxylic acids is 1. The van der Waals surface area contributed by atoms with Crippen LogP contribution in [0.2, 0.25) is 0 Å². The second-order valence-corrected chi connectivity index (χ2v) is 9.11. The van der Waals surface area contributed by atoms with Crippen LogP contribution in [-0.2, 0) is 14.8 Å². The Kier molecular flexibility index (Phi) is 6.94. The van der Waals surface area contributed by atoms with E-state index in [4.69, 9.17) is 0 Å². The number of thioether (sulfide) groups is 1. The van der Waals surface area contributed by atoms with E-state index in [-0.39, 0.29) is 4.90 Å². The van der Waals surface area contributed by atoms with Gasteiger partial charge >= 0.3 is 0 Å². The third-order valence-corrected chi connectivity index (χ3v) is 6.16. The van der Waals surface area contributed by atoms with Crippen molar-refractivity contribution in [2.45, 2.75) is 24.3 Å². The molecule has 0 aliphatic heterocycles. The molecule has 2 aromatic rings. The highest BCUT2D eigenvalue weighted by atomic mass is 32.2. The summed E-state index contributed by atoms with van der Waals surface area (Å²) in [6, 6.07) is 3.48. The summed E-state index contributed by atoms with van der Waals surface area (Å²) in [4.78, 5) is 17.3. The molecular weight excluding hydrogens is 385 g/mol. The molecule has 10 heteroatoms. The lowest BCUT2D eigenvalue weighted by Gasteiger charge is -2.17. The molecule has 0 aliphatic rings. The Hall–Kier alpha value is -1.49. The fourth-order valence-corrected chi connectivity index (χ4v) is 4.32. The molecule has 0 saturated heterocycles. The minimum Gasteiger partial charge on any atom is -0.301 e. The van der Waals surface area contributed by atoms with Crippen LogP contribution in [-0.4, -0.2) is 37.4 Å². The maximum absolute atomic E-state index is 13.0. The van der Waals surface area contributed by atoms with Gasteiger partial charge in [-0.15, -0.1) is 11.3 Å². The Morgan fingerprint density at radius 2 is 2.04 bits per heavy atom. The predicted octanol–water partition coefficient (Wildman–Crippen LogP) is 2.63. The minimum absolute atomic E-state index is 0.0963. The quantitative estimate of drug-likeness (QED) is 0.707. The van der Waals surface area contributed by atoms with E-state index in [0.29, 0.717) is 17.3 Å². The SMILES string of the molecule is CSCC[C@@H](NS(=O)(=O)c1ccc(F)cc1)C(=O)Nc1ncc(C)s1. The summed E-state index contributed by atoms with van der Waals surface area (Å²) < 4.78 is 40.3. The van der Waals surface area contributed by atoms with Gasteiger partial charge in [0, 0.05) is 11.1 Å². The summed E-state index contributed by atoms with van der Waals surface area (Å²) in [5.74, 6) is -0.412. The van der Waals surface area contributed by atoms with Crippen molar-refractivity contribution < 1.29 is 17.6 Å². The van der Waals surface area contributed by atoms with Crippen molar-refractivity contribution in [1.29, 1.82) is 0 Å². The summed E-state index contributed by atoms with van der Waals surface area (Å²) in [6.07, 6.45) is 3.81. The third-order valence-electron chi connectivity index (χ3n) is 3.20. The van der Waals surface area contributed by atoms with E-state index in [0.717, 1.165) is 29.1 Å². The first kappa shape index (κ1) is 19.8. The minimum atomic E-state index is -3.94. The molecule has 1 aromatic carbocycles. The maximum atomic E-state index is 13.0. The summed E-state index contributed by atoms with van der Waals surface area (Å²) in [5, 5.41) is 3.04. The molecule has 0 fully saturated rings. The van der Waals surface area contributed by atoms with Crippen LogP contribution in [0.15, 0.2) is 35.4 Å². The molecule has 0 unspecified atom stereocenters. The van der Waals surface area contributed by atoms with E-state index in [9.17, 15) is 17.6 Å². The molecule has 0 radical (unpaired) electrons. The Balaban J connectivity index is 2.15. The number of rotatable bonds is 8. The molecule has 1 atom stereocenters. The van der Waals surface area contributed by atoms with Gasteiger partial charge in [0.15, 0.2) is 5.13 Å². The standard InChI is InChI=1S/C15H18FN3O3S3/c1-10-9-17-15(24-10)18-14(20)13(7-8-23-2)19-25(21,22)12-5-3-11(16)4-6-12/h3-6,9,13,19H,7-8H2,1-2H3,(H,17,18,20)/t13-/m1/s1. The normalized spacial score (nSPS) is 12.8. The second kappa shape index (κ2) is 8.75. The molecule has 25 heavy (non-hydrogen) atoms. The van der Waals surface area contributed by atoms with Crippen LogP contribution in [0.1, 0.15) is 11.3 Å². The lowest BCUT2D eigenvalue weighted by molar-refractivity contribution is -0.117. The smallest absolute Gasteiger partial charge is 0.244 e. The first-order chi connectivity index (χ1) is 11.8. The van der Waals surface area contributed by atoms with Crippen LogP contribution < -0.4 is 10.0 Å². The number of halogens is 1. The lowest BCUT2D eigenvalue weighted by atomic mass is 10.2. The molecule has 1 heterocycles. The summed E-state index contributed by atoms with van der Waals surface area (Å²) in [7, 11) is -3.94. The topological polar surface area (TPSA) is 88.2 Å². The number of sulfonamides is 1. The van der Waals surface area contributed by atoms with Gasteiger partial charge in [-0.2, -0.15) is 16.5 Å². The first-order valence-corrected chi connectivity index (χ1v) is 11.0. The van der Waals surface area contributed by atoms with E-state index in [1.54, 1.807) is 6.20 Å². The van der Waals surface area contributed by atoms with Crippen molar-refractivity contribution in [1.82, 2.24) is 9.71 Å². The lowest BCUT2D eigenvalue weighted by Crippen LogP contribution is -2.44. The van der Waals surface area contributed by atoms with Gasteiger partial charge in [-0.25, -0.2) is 17.8 Å². The van der Waals surface area contributed by atoms with Crippen molar-refractivity contribution >= 4 is 44.2 Å². The Bertz CT molecular complexity index is 822. The number of aromatic nitrogens is 1. The van der Waals surface area contributed by atoms with Gasteiger partial charge in [0.25, 0.3) is 0 Å². The number of hydrogen-bond donors (Lipinski definition) is 2. The van der Waals surface area contributed by atoms with Crippen molar-refractivity contribution in [3.63, 3.8) is 0 Å². The first-order valence-electron chi connectivity index (χ1n) is 7.32.